The van der Waals surface area contributed by atoms with Crippen LogP contribution in [0.25, 0.3) is 17.0 Å². The number of aromatic hydroxyl groups is 1. The molecule has 4 N–H and O–H groups in total. The number of carbonyl (C=O) groups is 2. The number of carboxylic acid groups (broad SMARTS) is 1. The first-order valence-corrected chi connectivity index (χ1v) is 13.9. The first kappa shape index (κ1) is 26.6. The van der Waals surface area contributed by atoms with Gasteiger partial charge in [-0.1, -0.05) is 41.6 Å². The molecule has 3 heterocycles. The fourth-order valence-corrected chi connectivity index (χ4v) is 5.92. The van der Waals surface area contributed by atoms with Gasteiger partial charge in [0.2, 0.25) is 0 Å². The van der Waals surface area contributed by atoms with E-state index in [1.165, 1.54) is 12.1 Å². The summed E-state index contributed by atoms with van der Waals surface area (Å²) in [6.07, 6.45) is 6.51. The Bertz CT molecular complexity index is 1750. The number of halogens is 1. The number of benzene rings is 2. The molecule has 10 nitrogen and oxygen atoms in total. The van der Waals surface area contributed by atoms with Crippen LogP contribution >= 0.6 is 23.4 Å². The Morgan fingerprint density at radius 1 is 1.10 bits per heavy atom. The average molecular weight is 587 g/mol. The highest BCUT2D eigenvalue weighted by molar-refractivity contribution is 8.17. The Morgan fingerprint density at radius 2 is 1.88 bits per heavy atom. The molecule has 41 heavy (non-hydrogen) atoms. The highest BCUT2D eigenvalue weighted by atomic mass is 35.5. The Labute approximate surface area is 243 Å². The van der Waals surface area contributed by atoms with Gasteiger partial charge in [0.05, 0.1) is 11.6 Å². The molecule has 0 radical (unpaired) electrons. The first-order chi connectivity index (χ1) is 19.8. The predicted octanol–water partition coefficient (Wildman–Crippen LogP) is 4.82. The highest BCUT2D eigenvalue weighted by Crippen LogP contribution is 2.37. The van der Waals surface area contributed by atoms with E-state index >= 15 is 0 Å². The zero-order valence-electron chi connectivity index (χ0n) is 21.4. The van der Waals surface area contributed by atoms with E-state index < -0.39 is 17.9 Å². The number of fused-ring (bicyclic) bond motifs is 2. The van der Waals surface area contributed by atoms with Crippen molar-refractivity contribution in [3.8, 4) is 17.1 Å². The molecule has 0 saturated carbocycles. The van der Waals surface area contributed by atoms with Gasteiger partial charge in [-0.15, -0.1) is 10.2 Å². The van der Waals surface area contributed by atoms with E-state index in [0.29, 0.717) is 17.0 Å². The number of nitrogens with one attached hydrogen (secondary N) is 2. The van der Waals surface area contributed by atoms with E-state index in [0.717, 1.165) is 32.8 Å². The van der Waals surface area contributed by atoms with E-state index in [-0.39, 0.29) is 23.8 Å². The number of aliphatic imine (C=N–C) groups is 1. The number of carbonyl (C=O) groups excluding carboxylic acids is 1. The van der Waals surface area contributed by atoms with Gasteiger partial charge < -0.3 is 20.8 Å². The van der Waals surface area contributed by atoms with Gasteiger partial charge in [0.15, 0.2) is 16.6 Å². The summed E-state index contributed by atoms with van der Waals surface area (Å²) in [6.45, 7) is 0. The van der Waals surface area contributed by atoms with Crippen molar-refractivity contribution in [2.45, 2.75) is 24.9 Å². The molecule has 6 rings (SSSR count). The molecule has 2 aromatic heterocycles. The summed E-state index contributed by atoms with van der Waals surface area (Å²) in [5.74, 6) is -1.15. The van der Waals surface area contributed by atoms with Gasteiger partial charge in [-0.2, -0.15) is 0 Å². The van der Waals surface area contributed by atoms with Crippen LogP contribution in [-0.4, -0.2) is 53.9 Å². The van der Waals surface area contributed by atoms with E-state index in [1.54, 1.807) is 46.6 Å². The van der Waals surface area contributed by atoms with Gasteiger partial charge in [-0.05, 0) is 66.6 Å². The van der Waals surface area contributed by atoms with Crippen LogP contribution < -0.4 is 10.6 Å². The van der Waals surface area contributed by atoms with Crippen molar-refractivity contribution < 1.29 is 19.8 Å². The van der Waals surface area contributed by atoms with Gasteiger partial charge in [-0.25, -0.2) is 4.79 Å². The summed E-state index contributed by atoms with van der Waals surface area (Å²) < 4.78 is 1.69. The number of rotatable bonds is 7. The molecule has 206 valence electrons. The summed E-state index contributed by atoms with van der Waals surface area (Å²) in [5, 5.41) is 35.2. The summed E-state index contributed by atoms with van der Waals surface area (Å²) in [7, 11) is 0. The third-order valence-corrected chi connectivity index (χ3v) is 7.98. The van der Waals surface area contributed by atoms with Crippen molar-refractivity contribution in [3.05, 3.63) is 100 Å². The Balaban J connectivity index is 1.18. The van der Waals surface area contributed by atoms with Crippen LogP contribution in [0.4, 0.5) is 5.69 Å². The number of amidine groups is 1. The van der Waals surface area contributed by atoms with Gasteiger partial charge in [-0.3, -0.25) is 14.2 Å². The number of hydrogen-bond acceptors (Lipinski definition) is 8. The number of pyridine rings is 1. The quantitative estimate of drug-likeness (QED) is 0.241. The molecule has 4 aromatic rings. The molecule has 1 amide bonds. The Hall–Kier alpha value is -4.61. The van der Waals surface area contributed by atoms with Gasteiger partial charge in [0.1, 0.15) is 11.8 Å². The average Bonchev–Trinajstić information content (AvgIpc) is 3.57. The van der Waals surface area contributed by atoms with Crippen LogP contribution in [0.1, 0.15) is 22.3 Å². The number of aromatic nitrogens is 3. The zero-order valence-corrected chi connectivity index (χ0v) is 22.9. The van der Waals surface area contributed by atoms with Gasteiger partial charge in [0, 0.05) is 33.8 Å². The number of thioether (sulfide) groups is 1. The Kier molecular flexibility index (Phi) is 7.21. The smallest absolute Gasteiger partial charge is 0.326 e. The SMILES string of the molecule is O=C(N[C@H](Cc1ccc(O)cc1)C(=O)O)c1cccn2c(-c3ccc(NC4=NC5CC=C(Cl)C=C5S4)cc3)nnc12. The third kappa shape index (κ3) is 5.67. The molecule has 12 heteroatoms. The maximum atomic E-state index is 13.2. The van der Waals surface area contributed by atoms with E-state index in [2.05, 4.69) is 20.8 Å². The lowest BCUT2D eigenvalue weighted by Crippen LogP contribution is -2.42. The van der Waals surface area contributed by atoms with Crippen molar-refractivity contribution >= 4 is 51.7 Å². The topological polar surface area (TPSA) is 141 Å². The van der Waals surface area contributed by atoms with Crippen LogP contribution in [0.15, 0.2) is 93.9 Å². The van der Waals surface area contributed by atoms with Gasteiger partial charge >= 0.3 is 5.97 Å². The summed E-state index contributed by atoms with van der Waals surface area (Å²) in [6, 6.07) is 16.0. The van der Waals surface area contributed by atoms with Gasteiger partial charge in [0.25, 0.3) is 5.91 Å². The van der Waals surface area contributed by atoms with Crippen molar-refractivity contribution in [2.75, 3.05) is 5.32 Å². The highest BCUT2D eigenvalue weighted by Gasteiger charge is 2.26. The standard InChI is InChI=1S/C29H23ClN6O4S/c30-18-7-12-22-24(15-18)41-29(33-22)31-19-8-5-17(6-9-19)25-34-35-26-21(2-1-13-36(25)26)27(38)32-23(28(39)40)14-16-3-10-20(37)11-4-16/h1-11,13,15,22-23,37H,12,14H2,(H,31,33)(H,32,38)(H,39,40)/t22?,23-/m1/s1. The molecule has 1 aliphatic heterocycles. The minimum Gasteiger partial charge on any atom is -0.508 e. The minimum atomic E-state index is -1.18. The Morgan fingerprint density at radius 3 is 2.63 bits per heavy atom. The predicted molar refractivity (Wildman–Crippen MR) is 158 cm³/mol. The molecule has 2 aromatic carbocycles. The second-order valence-corrected chi connectivity index (χ2v) is 11.0. The molecule has 2 atom stereocenters. The van der Waals surface area contributed by atoms with Crippen molar-refractivity contribution in [3.63, 3.8) is 0 Å². The second-order valence-electron chi connectivity index (χ2n) is 9.50. The monoisotopic (exact) mass is 586 g/mol. The number of phenolic OH excluding ortho intramolecular Hbond substituents is 1. The summed E-state index contributed by atoms with van der Waals surface area (Å²) >= 11 is 7.70. The third-order valence-electron chi connectivity index (χ3n) is 6.69. The summed E-state index contributed by atoms with van der Waals surface area (Å²) in [5.41, 5.74) is 2.80. The number of anilines is 1. The lowest BCUT2D eigenvalue weighted by molar-refractivity contribution is -0.139. The van der Waals surface area contributed by atoms with E-state index in [4.69, 9.17) is 16.6 Å². The van der Waals surface area contributed by atoms with Crippen molar-refractivity contribution in [1.82, 2.24) is 19.9 Å². The number of carboxylic acids is 1. The lowest BCUT2D eigenvalue weighted by Gasteiger charge is -2.15. The van der Waals surface area contributed by atoms with E-state index in [9.17, 15) is 19.8 Å². The molecule has 0 bridgehead atoms. The molecule has 0 saturated heterocycles. The first-order valence-electron chi connectivity index (χ1n) is 12.7. The van der Waals surface area contributed by atoms with Crippen molar-refractivity contribution in [1.29, 1.82) is 0 Å². The lowest BCUT2D eigenvalue weighted by atomic mass is 10.1. The maximum absolute atomic E-state index is 13.2. The molecular formula is C29H23ClN6O4S. The van der Waals surface area contributed by atoms with Crippen LogP contribution in [-0.2, 0) is 11.2 Å². The van der Waals surface area contributed by atoms with Crippen LogP contribution in [0.3, 0.4) is 0 Å². The number of nitrogens with zero attached hydrogens (tertiary/aromatic N) is 4. The number of amides is 1. The number of phenols is 1. The zero-order chi connectivity index (χ0) is 28.5. The minimum absolute atomic E-state index is 0.0522. The normalized spacial score (nSPS) is 16.8. The summed E-state index contributed by atoms with van der Waals surface area (Å²) in [4.78, 5) is 30.9. The largest absolute Gasteiger partial charge is 0.508 e. The molecular weight excluding hydrogens is 564 g/mol. The van der Waals surface area contributed by atoms with Crippen LogP contribution in [0, 0.1) is 0 Å². The fraction of sp³-hybridized carbons (Fsp3) is 0.138. The van der Waals surface area contributed by atoms with E-state index in [1.807, 2.05) is 36.4 Å². The fourth-order valence-electron chi connectivity index (χ4n) is 4.60. The molecule has 1 unspecified atom stereocenters. The molecule has 0 spiro atoms. The molecule has 2 aliphatic rings. The molecule has 1 aliphatic carbocycles. The second kappa shape index (κ2) is 11.1. The molecule has 0 fully saturated rings. The number of aliphatic carboxylic acids is 1. The number of allylic oxidation sites excluding steroid dienone is 2. The van der Waals surface area contributed by atoms with Crippen LogP contribution in [0.2, 0.25) is 0 Å². The number of hydrogen-bond donors (Lipinski definition) is 4. The van der Waals surface area contributed by atoms with Crippen molar-refractivity contribution in [2.24, 2.45) is 4.99 Å². The van der Waals surface area contributed by atoms with Crippen LogP contribution in [0.5, 0.6) is 5.75 Å². The maximum Gasteiger partial charge on any atom is 0.326 e.